The molecule has 1 nitrogen and oxygen atoms in total. The van der Waals surface area contributed by atoms with Crippen LogP contribution in [0.1, 0.15) is 45.7 Å². The molecule has 0 spiro atoms. The van der Waals surface area contributed by atoms with Gasteiger partial charge in [0.15, 0.2) is 0 Å². The minimum Gasteiger partial charge on any atom is -0.378 e. The molecule has 0 radical (unpaired) electrons. The van der Waals surface area contributed by atoms with E-state index < -0.39 is 6.18 Å². The summed E-state index contributed by atoms with van der Waals surface area (Å²) >= 11 is 1.78. The Hall–Kier alpha value is -2.14. The number of hydrogen-bond acceptors (Lipinski definition) is 2. The Morgan fingerprint density at radius 2 is 1.13 bits per heavy atom. The van der Waals surface area contributed by atoms with Crippen molar-refractivity contribution in [3.05, 3.63) is 71.8 Å². The molecule has 2 aromatic carbocycles. The third-order valence-electron chi connectivity index (χ3n) is 4.42. The van der Waals surface area contributed by atoms with E-state index in [4.69, 9.17) is 0 Å². The predicted octanol–water partition coefficient (Wildman–Crippen LogP) is 8.58. The van der Waals surface area contributed by atoms with Crippen LogP contribution in [-0.4, -0.2) is 26.5 Å². The van der Waals surface area contributed by atoms with Crippen LogP contribution in [0.25, 0.3) is 11.1 Å². The Kier molecular flexibility index (Phi) is 9.95. The third-order valence-corrected chi connectivity index (χ3v) is 5.16. The minimum absolute atomic E-state index is 0.0864. The number of anilines is 1. The fourth-order valence-corrected chi connectivity index (χ4v) is 3.54. The van der Waals surface area contributed by atoms with Crippen LogP contribution in [0.5, 0.6) is 0 Å². The van der Waals surface area contributed by atoms with Gasteiger partial charge in [0.1, 0.15) is 0 Å². The van der Waals surface area contributed by atoms with E-state index in [1.807, 2.05) is 13.8 Å². The van der Waals surface area contributed by atoms with Crippen LogP contribution in [0.15, 0.2) is 65.6 Å². The molecule has 170 valence electrons. The van der Waals surface area contributed by atoms with Gasteiger partial charge in [-0.1, -0.05) is 64.1 Å². The zero-order valence-electron chi connectivity index (χ0n) is 19.8. The normalized spacial score (nSPS) is 14.4. The Bertz CT molecular complexity index is 868. The first-order valence-corrected chi connectivity index (χ1v) is 11.6. The number of rotatable bonds is 4. The van der Waals surface area contributed by atoms with Crippen LogP contribution in [0.4, 0.5) is 18.9 Å². The van der Waals surface area contributed by atoms with E-state index in [1.165, 1.54) is 32.9 Å². The molecule has 1 aliphatic rings. The standard InChI is InChI=1S/C22H25NS.C2H3F3.C2H6/c1-22(2)14-20(16-6-10-18(11-7-16)23(3)4)21(15-22)17-8-12-19(24-5)13-9-17;1-2(3,4)5;1-2/h6-15H,1-5H3;1H3;1-2H3. The molecule has 0 aliphatic heterocycles. The third kappa shape index (κ3) is 8.86. The fraction of sp³-hybridized carbons (Fsp3) is 0.385. The molecule has 0 bridgehead atoms. The molecule has 2 aromatic rings. The highest BCUT2D eigenvalue weighted by atomic mass is 32.2. The minimum atomic E-state index is -4.00. The lowest BCUT2D eigenvalue weighted by Gasteiger charge is -2.14. The van der Waals surface area contributed by atoms with Crippen molar-refractivity contribution in [3.63, 3.8) is 0 Å². The second-order valence-electron chi connectivity index (χ2n) is 7.89. The molecule has 1 aliphatic carbocycles. The van der Waals surface area contributed by atoms with E-state index in [-0.39, 0.29) is 12.3 Å². The topological polar surface area (TPSA) is 3.24 Å². The summed E-state index contributed by atoms with van der Waals surface area (Å²) in [6.07, 6.45) is 2.89. The summed E-state index contributed by atoms with van der Waals surface area (Å²) in [5, 5.41) is 0. The molecule has 0 atom stereocenters. The van der Waals surface area contributed by atoms with Crippen LogP contribution in [0.3, 0.4) is 0 Å². The van der Waals surface area contributed by atoms with Crippen molar-refractivity contribution in [3.8, 4) is 0 Å². The van der Waals surface area contributed by atoms with Gasteiger partial charge in [-0.25, -0.2) is 0 Å². The van der Waals surface area contributed by atoms with Crippen LogP contribution in [0, 0.1) is 5.41 Å². The van der Waals surface area contributed by atoms with E-state index in [9.17, 15) is 13.2 Å². The Morgan fingerprint density at radius 1 is 0.774 bits per heavy atom. The second kappa shape index (κ2) is 11.5. The monoisotopic (exact) mass is 449 g/mol. The molecule has 0 saturated carbocycles. The maximum Gasteiger partial charge on any atom is 0.386 e. The first-order chi connectivity index (χ1) is 14.4. The van der Waals surface area contributed by atoms with Gasteiger partial charge < -0.3 is 4.90 Å². The molecule has 3 rings (SSSR count). The van der Waals surface area contributed by atoms with Gasteiger partial charge in [-0.15, -0.1) is 11.8 Å². The number of hydrogen-bond donors (Lipinski definition) is 0. The molecule has 0 amide bonds. The lowest BCUT2D eigenvalue weighted by atomic mass is 9.95. The highest BCUT2D eigenvalue weighted by molar-refractivity contribution is 7.98. The molecular formula is C26H34F3NS. The van der Waals surface area contributed by atoms with Crippen LogP contribution in [-0.2, 0) is 0 Å². The summed E-state index contributed by atoms with van der Waals surface area (Å²) in [5.41, 5.74) is 6.56. The average molecular weight is 450 g/mol. The van der Waals surface area contributed by atoms with Crippen molar-refractivity contribution >= 4 is 28.6 Å². The number of nitrogens with zero attached hydrogens (tertiary/aromatic N) is 1. The Labute approximate surface area is 190 Å². The highest BCUT2D eigenvalue weighted by Crippen LogP contribution is 2.44. The van der Waals surface area contributed by atoms with Crippen molar-refractivity contribution in [2.45, 2.75) is 45.7 Å². The number of benzene rings is 2. The summed E-state index contributed by atoms with van der Waals surface area (Å²) in [7, 11) is 4.15. The van der Waals surface area contributed by atoms with E-state index >= 15 is 0 Å². The summed E-state index contributed by atoms with van der Waals surface area (Å²) in [6, 6.07) is 17.7. The molecule has 0 aromatic heterocycles. The smallest absolute Gasteiger partial charge is 0.378 e. The highest BCUT2D eigenvalue weighted by Gasteiger charge is 2.25. The number of halogens is 3. The quantitative estimate of drug-likeness (QED) is 0.430. The van der Waals surface area contributed by atoms with Gasteiger partial charge in [-0.2, -0.15) is 13.2 Å². The predicted molar refractivity (Wildman–Crippen MR) is 132 cm³/mol. The number of alkyl halides is 3. The van der Waals surface area contributed by atoms with Crippen molar-refractivity contribution in [2.75, 3.05) is 25.3 Å². The van der Waals surface area contributed by atoms with Gasteiger partial charge in [0.2, 0.25) is 0 Å². The second-order valence-corrected chi connectivity index (χ2v) is 8.77. The maximum atomic E-state index is 10.4. The van der Waals surface area contributed by atoms with Crippen molar-refractivity contribution in [2.24, 2.45) is 5.41 Å². The van der Waals surface area contributed by atoms with Crippen LogP contribution < -0.4 is 4.90 Å². The number of allylic oxidation sites excluding steroid dienone is 4. The maximum absolute atomic E-state index is 10.4. The molecular weight excluding hydrogens is 415 g/mol. The summed E-state index contributed by atoms with van der Waals surface area (Å²) in [4.78, 5) is 3.44. The van der Waals surface area contributed by atoms with E-state index in [0.717, 1.165) is 0 Å². The summed E-state index contributed by atoms with van der Waals surface area (Å²) in [5.74, 6) is 0. The van der Waals surface area contributed by atoms with E-state index in [0.29, 0.717) is 0 Å². The van der Waals surface area contributed by atoms with Crippen LogP contribution >= 0.6 is 11.8 Å². The molecule has 0 heterocycles. The lowest BCUT2D eigenvalue weighted by Crippen LogP contribution is -2.08. The van der Waals surface area contributed by atoms with Gasteiger partial charge in [-0.3, -0.25) is 0 Å². The zero-order valence-corrected chi connectivity index (χ0v) is 20.6. The first-order valence-electron chi connectivity index (χ1n) is 10.3. The van der Waals surface area contributed by atoms with Crippen molar-refractivity contribution < 1.29 is 13.2 Å². The molecule has 0 saturated heterocycles. The SMILES string of the molecule is CC.CC(F)(F)F.CSc1ccc(C2=CC(C)(C)C=C2c2ccc(N(C)C)cc2)cc1. The Morgan fingerprint density at radius 3 is 1.45 bits per heavy atom. The lowest BCUT2D eigenvalue weighted by molar-refractivity contribution is -0.110. The van der Waals surface area contributed by atoms with Crippen LogP contribution in [0.2, 0.25) is 0 Å². The zero-order chi connectivity index (χ0) is 23.8. The van der Waals surface area contributed by atoms with E-state index in [1.54, 1.807) is 11.8 Å². The average Bonchev–Trinajstić information content (AvgIpc) is 3.04. The first kappa shape index (κ1) is 26.9. The fourth-order valence-electron chi connectivity index (χ4n) is 3.13. The molecule has 0 fully saturated rings. The van der Waals surface area contributed by atoms with Crippen molar-refractivity contribution in [1.29, 1.82) is 0 Å². The summed E-state index contributed by atoms with van der Waals surface area (Å²) in [6.45, 7) is 8.72. The van der Waals surface area contributed by atoms with Crippen molar-refractivity contribution in [1.82, 2.24) is 0 Å². The molecule has 31 heavy (non-hydrogen) atoms. The largest absolute Gasteiger partial charge is 0.386 e. The van der Waals surface area contributed by atoms with Gasteiger partial charge >= 0.3 is 6.18 Å². The molecule has 0 N–H and O–H groups in total. The van der Waals surface area contributed by atoms with Gasteiger partial charge in [0.05, 0.1) is 0 Å². The van der Waals surface area contributed by atoms with Gasteiger partial charge in [0, 0.05) is 37.0 Å². The summed E-state index contributed by atoms with van der Waals surface area (Å²) < 4.78 is 31.1. The Balaban J connectivity index is 0.000000605. The van der Waals surface area contributed by atoms with Gasteiger partial charge in [-0.05, 0) is 52.8 Å². The van der Waals surface area contributed by atoms with Gasteiger partial charge in [0.25, 0.3) is 0 Å². The number of thioether (sulfide) groups is 1. The molecule has 0 unspecified atom stereocenters. The molecule has 5 heteroatoms. The van der Waals surface area contributed by atoms with E-state index in [2.05, 4.69) is 99.8 Å².